The van der Waals surface area contributed by atoms with Crippen LogP contribution in [0.2, 0.25) is 0 Å². The molecule has 0 saturated heterocycles. The monoisotopic (exact) mass is 66.1 g/mol. The molecule has 4 heavy (non-hydrogen) atoms. The Labute approximate surface area is 32.3 Å². The second-order valence-corrected chi connectivity index (χ2v) is 0.854. The molecule has 0 amide bonds. The zero-order valence-electron chi connectivity index (χ0n) is 6.12. The lowest BCUT2D eigenvalue weighted by Crippen LogP contribution is -1.47. The topological polar surface area (TPSA) is 0 Å². The van der Waals surface area contributed by atoms with Gasteiger partial charge in [-0.15, -0.1) is 0 Å². The van der Waals surface area contributed by atoms with E-state index in [0.717, 1.165) is 12.8 Å². The summed E-state index contributed by atoms with van der Waals surface area (Å²) in [5.74, 6) is 0. The maximum Gasteiger partial charge on any atom is 0.0230 e. The summed E-state index contributed by atoms with van der Waals surface area (Å²) in [4.78, 5) is 0. The first kappa shape index (κ1) is 1.44. The van der Waals surface area contributed by atoms with Crippen molar-refractivity contribution in [2.75, 3.05) is 0 Å². The van der Waals surface area contributed by atoms with Gasteiger partial charge in [0.15, 0.2) is 0 Å². The summed E-state index contributed by atoms with van der Waals surface area (Å²) >= 11 is 0. The standard InChI is InChI=1S/C4H10.H2/c1-3-4-2;/h3-4H2,1-2H3;1H/i1T;1+2T. The van der Waals surface area contributed by atoms with E-state index in [2.05, 4.69) is 6.92 Å². The predicted octanol–water partition coefficient (Wildman–Crippen LogP) is 2.05. The molecule has 0 atom stereocenters. The van der Waals surface area contributed by atoms with Gasteiger partial charge in [-0.2, -0.15) is 0 Å². The lowest BCUT2D eigenvalue weighted by atomic mass is 10.4. The summed E-state index contributed by atoms with van der Waals surface area (Å²) in [6.45, 7) is 2.69. The van der Waals surface area contributed by atoms with E-state index in [0.29, 0.717) is 6.90 Å². The first-order chi connectivity index (χ1) is 3.41. The van der Waals surface area contributed by atoms with Crippen LogP contribution < -0.4 is 0 Å². The van der Waals surface area contributed by atoms with Crippen molar-refractivity contribution >= 4 is 0 Å². The minimum Gasteiger partial charge on any atom is -0.0654 e. The molecule has 0 unspecified atom stereocenters. The minimum atomic E-state index is 0.594. The highest BCUT2D eigenvalue weighted by Gasteiger charge is 1.56. The van der Waals surface area contributed by atoms with Crippen LogP contribution in [-0.2, 0) is 0 Å². The highest BCUT2D eigenvalue weighted by molar-refractivity contribution is 4.12. The molecule has 0 N–H and O–H groups in total. The van der Waals surface area contributed by atoms with Gasteiger partial charge < -0.3 is 0 Å². The zero-order chi connectivity index (χ0) is 6.12. The Balaban J connectivity index is 0. The van der Waals surface area contributed by atoms with Gasteiger partial charge in [-0.25, -0.2) is 0 Å². The highest BCUT2D eigenvalue weighted by atomic mass is 13.6. The molecule has 0 aliphatic heterocycles. The van der Waals surface area contributed by atoms with Crippen molar-refractivity contribution in [2.45, 2.75) is 26.7 Å². The van der Waals surface area contributed by atoms with Crippen LogP contribution in [0.1, 0.15) is 31.0 Å². The second-order valence-electron chi connectivity index (χ2n) is 0.854. The minimum absolute atomic E-state index is 0.594. The second kappa shape index (κ2) is 3.00. The average molecular weight is 66.2 g/mol. The lowest BCUT2D eigenvalue weighted by Gasteiger charge is -1.68. The van der Waals surface area contributed by atoms with Gasteiger partial charge >= 0.3 is 0 Å². The summed E-state index contributed by atoms with van der Waals surface area (Å²) < 4.78 is 16.6. The van der Waals surface area contributed by atoms with Gasteiger partial charge in [0.2, 0.25) is 0 Å². The lowest BCUT2D eigenvalue weighted by molar-refractivity contribution is 0.886. The van der Waals surface area contributed by atoms with Crippen molar-refractivity contribution in [1.29, 1.82) is 0 Å². The molecule has 0 aromatic rings. The molecule has 0 fully saturated rings. The van der Waals surface area contributed by atoms with E-state index >= 15 is 0 Å². The molecule has 0 bridgehead atoms. The quantitative estimate of drug-likeness (QED) is 0.439. The van der Waals surface area contributed by atoms with Crippen LogP contribution in [-0.4, -0.2) is 0 Å². The van der Waals surface area contributed by atoms with Crippen molar-refractivity contribution in [3.63, 3.8) is 0 Å². The molecule has 0 heterocycles. The van der Waals surface area contributed by atoms with Crippen molar-refractivity contribution in [1.82, 2.24) is 0 Å². The zero-order valence-corrected chi connectivity index (χ0v) is 3.12. The Bertz CT molecular complexity index is 14.4. The van der Waals surface area contributed by atoms with Gasteiger partial charge in [0, 0.05) is 4.34 Å². The van der Waals surface area contributed by atoms with Gasteiger partial charge in [-0.1, -0.05) is 26.7 Å². The van der Waals surface area contributed by atoms with Crippen LogP contribution in [0.3, 0.4) is 0 Å². The number of hydrogen-bond donors (Lipinski definition) is 0. The van der Waals surface area contributed by atoms with E-state index in [1.54, 1.807) is 0 Å². The SMILES string of the molecule is [3H]CCCC.[3H][3H]. The maximum atomic E-state index is 6.60. The summed E-state index contributed by atoms with van der Waals surface area (Å²) in [5, 5.41) is 0. The third-order valence-electron chi connectivity index (χ3n) is 0.354. The molecule has 0 aromatic carbocycles. The summed E-state index contributed by atoms with van der Waals surface area (Å²) in [7, 11) is 0. The third kappa shape index (κ3) is 2.00. The number of hydrogen-bond acceptors (Lipinski definition) is 0. The molecular formula is C4H12. The molecule has 0 spiro atoms. The first-order valence-corrected chi connectivity index (χ1v) is 1.71. The van der Waals surface area contributed by atoms with Gasteiger partial charge in [0.1, 0.15) is 0 Å². The van der Waals surface area contributed by atoms with Crippen LogP contribution in [0.15, 0.2) is 0 Å². The average Bonchev–Trinajstić information content (AvgIpc) is 1.75. The molecular weight excluding hydrogens is 48.0 g/mol. The van der Waals surface area contributed by atoms with Gasteiger partial charge in [-0.05, 0) is 0 Å². The normalized spacial score (nSPS) is 12.8. The molecule has 0 aromatic heterocycles. The van der Waals surface area contributed by atoms with E-state index in [1.807, 2.05) is 0 Å². The summed E-state index contributed by atoms with van der Waals surface area (Å²) in [5.41, 5.74) is 0. The number of unbranched alkanes of at least 4 members (excludes halogenated alkanes) is 1. The summed E-state index contributed by atoms with van der Waals surface area (Å²) in [6.07, 6.45) is 2.21. The van der Waals surface area contributed by atoms with Crippen molar-refractivity contribution in [2.24, 2.45) is 0 Å². The highest BCUT2D eigenvalue weighted by Crippen LogP contribution is 1.76. The third-order valence-corrected chi connectivity index (χ3v) is 0.354. The van der Waals surface area contributed by atoms with E-state index in [-0.39, 0.29) is 0 Å². The fourth-order valence-corrected chi connectivity index (χ4v) is 0. The van der Waals surface area contributed by atoms with Gasteiger partial charge in [-0.3, -0.25) is 0 Å². The molecule has 0 rings (SSSR count). The molecule has 0 aliphatic rings. The van der Waals surface area contributed by atoms with Crippen molar-refractivity contribution in [3.8, 4) is 0 Å². The Kier molecular flexibility index (Phi) is 1.08. The van der Waals surface area contributed by atoms with E-state index in [1.165, 1.54) is 0 Å². The largest absolute Gasteiger partial charge is 0.0654 e. The molecule has 0 aliphatic carbocycles. The summed E-state index contributed by atoms with van der Waals surface area (Å²) in [6, 6.07) is 0. The molecule has 28 valence electrons. The van der Waals surface area contributed by atoms with Crippen LogP contribution in [0.5, 0.6) is 0 Å². The van der Waals surface area contributed by atoms with Gasteiger partial charge in [0.25, 0.3) is 0 Å². The Morgan fingerprint density at radius 3 is 3.00 bits per heavy atom. The number of rotatable bonds is 1. The van der Waals surface area contributed by atoms with Crippen LogP contribution in [0.4, 0.5) is 0 Å². The van der Waals surface area contributed by atoms with Crippen LogP contribution >= 0.6 is 0 Å². The molecule has 0 radical (unpaired) electrons. The fraction of sp³-hybridized carbons (Fsp3) is 1.00. The molecule has 0 saturated carbocycles. The van der Waals surface area contributed by atoms with Crippen molar-refractivity contribution < 1.29 is 4.34 Å². The van der Waals surface area contributed by atoms with E-state index < -0.39 is 0 Å². The van der Waals surface area contributed by atoms with E-state index in [9.17, 15) is 0 Å². The Morgan fingerprint density at radius 1 is 2.25 bits per heavy atom. The predicted molar refractivity (Wildman–Crippen MR) is 22.7 cm³/mol. The fourth-order valence-electron chi connectivity index (χ4n) is 0. The van der Waals surface area contributed by atoms with Gasteiger partial charge in [0.05, 0.1) is 0 Å². The molecule has 0 nitrogen and oxygen atoms in total. The maximum absolute atomic E-state index is 6.60. The first-order valence-electron chi connectivity index (χ1n) is 3.41. The Hall–Kier alpha value is 0. The van der Waals surface area contributed by atoms with Crippen LogP contribution in [0, 0.1) is 0 Å². The Morgan fingerprint density at radius 2 is 3.00 bits per heavy atom. The molecule has 0 heteroatoms. The van der Waals surface area contributed by atoms with Crippen molar-refractivity contribution in [3.05, 3.63) is 0 Å². The smallest absolute Gasteiger partial charge is 0.0230 e. The van der Waals surface area contributed by atoms with E-state index in [4.69, 9.17) is 4.34 Å². The van der Waals surface area contributed by atoms with Crippen LogP contribution in [0.25, 0.3) is 0 Å².